The van der Waals surface area contributed by atoms with Gasteiger partial charge < -0.3 is 10.6 Å². The summed E-state index contributed by atoms with van der Waals surface area (Å²) in [5, 5.41) is 0. The van der Waals surface area contributed by atoms with Gasteiger partial charge in [-0.25, -0.2) is 4.39 Å². The molecule has 1 aliphatic rings. The molecule has 1 amide bonds. The van der Waals surface area contributed by atoms with Gasteiger partial charge in [-0.15, -0.1) is 0 Å². The minimum Gasteiger partial charge on any atom is -0.336 e. The van der Waals surface area contributed by atoms with E-state index in [1.807, 2.05) is 18.7 Å². The van der Waals surface area contributed by atoms with Crippen molar-refractivity contribution in [2.24, 2.45) is 11.7 Å². The molecule has 0 radical (unpaired) electrons. The highest BCUT2D eigenvalue weighted by Crippen LogP contribution is 2.29. The van der Waals surface area contributed by atoms with Gasteiger partial charge in [-0.2, -0.15) is 0 Å². The van der Waals surface area contributed by atoms with Crippen LogP contribution in [0.15, 0.2) is 18.2 Å². The first-order valence-corrected chi connectivity index (χ1v) is 7.85. The van der Waals surface area contributed by atoms with Crippen molar-refractivity contribution in [2.45, 2.75) is 45.6 Å². The van der Waals surface area contributed by atoms with Crippen LogP contribution in [0.4, 0.5) is 4.39 Å². The van der Waals surface area contributed by atoms with E-state index in [0.717, 1.165) is 24.8 Å². The van der Waals surface area contributed by atoms with Crippen molar-refractivity contribution in [2.75, 3.05) is 13.1 Å². The number of hydrogen-bond acceptors (Lipinski definition) is 2. The lowest BCUT2D eigenvalue weighted by molar-refractivity contribution is 0.0559. The zero-order valence-electron chi connectivity index (χ0n) is 12.9. The second-order valence-corrected chi connectivity index (χ2v) is 5.90. The predicted molar refractivity (Wildman–Crippen MR) is 82.6 cm³/mol. The Bertz CT molecular complexity index is 504. The Kier molecular flexibility index (Phi) is 5.34. The van der Waals surface area contributed by atoms with Crippen molar-refractivity contribution in [1.82, 2.24) is 4.90 Å². The lowest BCUT2D eigenvalue weighted by Crippen LogP contribution is -2.48. The zero-order chi connectivity index (χ0) is 15.4. The van der Waals surface area contributed by atoms with E-state index in [4.69, 9.17) is 5.73 Å². The Labute approximate surface area is 126 Å². The highest BCUT2D eigenvalue weighted by Gasteiger charge is 2.32. The number of amides is 1. The molecule has 1 aromatic rings. The lowest BCUT2D eigenvalue weighted by Gasteiger charge is -2.39. The molecular formula is C17H25FN2O. The molecule has 0 bridgehead atoms. The Balaban J connectivity index is 2.27. The second kappa shape index (κ2) is 7.03. The molecule has 0 heterocycles. The summed E-state index contributed by atoms with van der Waals surface area (Å²) in [5.74, 6) is -0.0737. The number of rotatable bonds is 4. The van der Waals surface area contributed by atoms with Crippen LogP contribution in [0.5, 0.6) is 0 Å². The van der Waals surface area contributed by atoms with Crippen LogP contribution in [0.3, 0.4) is 0 Å². The molecule has 0 spiro atoms. The highest BCUT2D eigenvalue weighted by atomic mass is 19.1. The van der Waals surface area contributed by atoms with Crippen molar-refractivity contribution in [3.8, 4) is 0 Å². The number of carbonyl (C=O) groups excluding carboxylic acids is 1. The quantitative estimate of drug-likeness (QED) is 0.927. The molecule has 1 saturated carbocycles. The third kappa shape index (κ3) is 3.43. The zero-order valence-corrected chi connectivity index (χ0v) is 12.9. The molecule has 3 nitrogen and oxygen atoms in total. The summed E-state index contributed by atoms with van der Waals surface area (Å²) in [7, 11) is 0. The summed E-state index contributed by atoms with van der Waals surface area (Å²) >= 11 is 0. The third-order valence-electron chi connectivity index (χ3n) is 4.60. The van der Waals surface area contributed by atoms with E-state index in [1.165, 1.54) is 18.6 Å². The maximum atomic E-state index is 13.5. The Morgan fingerprint density at radius 1 is 1.38 bits per heavy atom. The highest BCUT2D eigenvalue weighted by molar-refractivity contribution is 5.95. The molecule has 21 heavy (non-hydrogen) atoms. The van der Waals surface area contributed by atoms with Crippen molar-refractivity contribution >= 4 is 5.91 Å². The van der Waals surface area contributed by atoms with Gasteiger partial charge >= 0.3 is 0 Å². The first kappa shape index (κ1) is 16.0. The monoisotopic (exact) mass is 292 g/mol. The van der Waals surface area contributed by atoms with Gasteiger partial charge in [-0.3, -0.25) is 4.79 Å². The van der Waals surface area contributed by atoms with E-state index in [-0.39, 0.29) is 17.8 Å². The average molecular weight is 292 g/mol. The van der Waals surface area contributed by atoms with Gasteiger partial charge in [0.15, 0.2) is 0 Å². The van der Waals surface area contributed by atoms with E-state index in [9.17, 15) is 9.18 Å². The molecule has 2 atom stereocenters. The number of nitrogens with two attached hydrogens (primary N) is 1. The molecule has 2 rings (SSSR count). The van der Waals surface area contributed by atoms with Crippen LogP contribution in [0, 0.1) is 18.7 Å². The van der Waals surface area contributed by atoms with Crippen LogP contribution in [-0.4, -0.2) is 29.9 Å². The van der Waals surface area contributed by atoms with E-state index in [0.29, 0.717) is 24.6 Å². The fourth-order valence-electron chi connectivity index (χ4n) is 3.38. The largest absolute Gasteiger partial charge is 0.336 e. The minimum absolute atomic E-state index is 0.0696. The first-order valence-electron chi connectivity index (χ1n) is 7.85. The maximum Gasteiger partial charge on any atom is 0.254 e. The van der Waals surface area contributed by atoms with Gasteiger partial charge in [-0.05, 0) is 56.8 Å². The van der Waals surface area contributed by atoms with Gasteiger partial charge in [0, 0.05) is 18.2 Å². The van der Waals surface area contributed by atoms with Crippen molar-refractivity contribution in [3.05, 3.63) is 35.1 Å². The molecule has 0 saturated heterocycles. The van der Waals surface area contributed by atoms with Crippen LogP contribution < -0.4 is 5.73 Å². The minimum atomic E-state index is -0.362. The van der Waals surface area contributed by atoms with E-state index in [2.05, 4.69) is 0 Å². The second-order valence-electron chi connectivity index (χ2n) is 5.90. The van der Waals surface area contributed by atoms with Crippen LogP contribution in [0.2, 0.25) is 0 Å². The normalized spacial score (nSPS) is 22.1. The van der Waals surface area contributed by atoms with E-state index >= 15 is 0 Å². The van der Waals surface area contributed by atoms with Crippen LogP contribution in [-0.2, 0) is 0 Å². The first-order chi connectivity index (χ1) is 10.1. The summed E-state index contributed by atoms with van der Waals surface area (Å²) in [6, 6.07) is 4.59. The van der Waals surface area contributed by atoms with Gasteiger partial charge in [0.2, 0.25) is 0 Å². The molecule has 1 fully saturated rings. The van der Waals surface area contributed by atoms with Crippen molar-refractivity contribution in [3.63, 3.8) is 0 Å². The van der Waals surface area contributed by atoms with Crippen molar-refractivity contribution < 1.29 is 9.18 Å². The molecule has 2 N–H and O–H groups in total. The Morgan fingerprint density at radius 3 is 2.76 bits per heavy atom. The van der Waals surface area contributed by atoms with Crippen molar-refractivity contribution in [1.29, 1.82) is 0 Å². The molecule has 2 unspecified atom stereocenters. The fraction of sp³-hybridized carbons (Fsp3) is 0.588. The molecular weight excluding hydrogens is 267 g/mol. The summed E-state index contributed by atoms with van der Waals surface area (Å²) < 4.78 is 13.5. The molecule has 1 aliphatic carbocycles. The number of benzene rings is 1. The fourth-order valence-corrected chi connectivity index (χ4v) is 3.38. The van der Waals surface area contributed by atoms with Gasteiger partial charge in [0.1, 0.15) is 5.82 Å². The van der Waals surface area contributed by atoms with Gasteiger partial charge in [0.25, 0.3) is 5.91 Å². The SMILES string of the molecule is CCN(C(=O)c1cc(F)ccc1C)C1CCCCC1CN. The molecule has 116 valence electrons. The average Bonchev–Trinajstić information content (AvgIpc) is 2.50. The summed E-state index contributed by atoms with van der Waals surface area (Å²) in [5.41, 5.74) is 7.17. The number of aryl methyl sites for hydroxylation is 1. The third-order valence-corrected chi connectivity index (χ3v) is 4.60. The Hall–Kier alpha value is -1.42. The van der Waals surface area contributed by atoms with Crippen LogP contribution in [0.1, 0.15) is 48.5 Å². The molecule has 0 aliphatic heterocycles. The van der Waals surface area contributed by atoms with E-state index < -0.39 is 0 Å². The lowest BCUT2D eigenvalue weighted by atomic mass is 9.83. The molecule has 4 heteroatoms. The molecule has 0 aromatic heterocycles. The Morgan fingerprint density at radius 2 is 2.10 bits per heavy atom. The predicted octanol–water partition coefficient (Wildman–Crippen LogP) is 3.11. The maximum absolute atomic E-state index is 13.5. The summed E-state index contributed by atoms with van der Waals surface area (Å²) in [4.78, 5) is 14.7. The van der Waals surface area contributed by atoms with Gasteiger partial charge in [0.05, 0.1) is 0 Å². The number of hydrogen-bond donors (Lipinski definition) is 1. The number of carbonyl (C=O) groups is 1. The summed E-state index contributed by atoms with van der Waals surface area (Å²) in [6.07, 6.45) is 4.39. The number of halogens is 1. The van der Waals surface area contributed by atoms with Crippen LogP contribution >= 0.6 is 0 Å². The van der Waals surface area contributed by atoms with E-state index in [1.54, 1.807) is 6.07 Å². The number of nitrogens with zero attached hydrogens (tertiary/aromatic N) is 1. The molecule has 1 aromatic carbocycles. The standard InChI is InChI=1S/C17H25FN2O/c1-3-20(16-7-5-4-6-13(16)11-19)17(21)15-10-14(18)9-8-12(15)2/h8-10,13,16H,3-7,11,19H2,1-2H3. The summed E-state index contributed by atoms with van der Waals surface area (Å²) in [6.45, 7) is 5.07. The van der Waals surface area contributed by atoms with Gasteiger partial charge in [-0.1, -0.05) is 18.9 Å². The topological polar surface area (TPSA) is 46.3 Å². The smallest absolute Gasteiger partial charge is 0.254 e. The van der Waals surface area contributed by atoms with Crippen LogP contribution in [0.25, 0.3) is 0 Å².